The van der Waals surface area contributed by atoms with Gasteiger partial charge in [-0.05, 0) is 12.5 Å². The van der Waals surface area contributed by atoms with Crippen molar-refractivity contribution >= 4 is 47.8 Å². The minimum Gasteiger partial charge on any atom is -0.382 e. The lowest BCUT2D eigenvalue weighted by Gasteiger charge is -2.32. The van der Waals surface area contributed by atoms with Crippen molar-refractivity contribution in [3.63, 3.8) is 0 Å². The monoisotopic (exact) mass is 370 g/mol. The molecular formula is C9H9Br3O. The fourth-order valence-electron chi connectivity index (χ4n) is 0.926. The third-order valence-electron chi connectivity index (χ3n) is 1.89. The number of hydrogen-bond acceptors (Lipinski definition) is 1. The number of halogens is 3. The van der Waals surface area contributed by atoms with Crippen LogP contribution in [0, 0.1) is 0 Å². The number of aliphatic hydroxyl groups is 1. The molecule has 0 unspecified atom stereocenters. The van der Waals surface area contributed by atoms with Gasteiger partial charge in [0.2, 0.25) is 0 Å². The number of rotatable bonds is 1. The summed E-state index contributed by atoms with van der Waals surface area (Å²) in [4.78, 5) is 0. The van der Waals surface area contributed by atoms with Crippen LogP contribution in [0.25, 0.3) is 0 Å². The molecule has 0 saturated carbocycles. The van der Waals surface area contributed by atoms with E-state index in [1.54, 1.807) is 6.92 Å². The Morgan fingerprint density at radius 3 is 1.92 bits per heavy atom. The molecule has 0 aliphatic heterocycles. The van der Waals surface area contributed by atoms with Crippen LogP contribution < -0.4 is 0 Å². The zero-order valence-electron chi connectivity index (χ0n) is 6.97. The second-order valence-electron chi connectivity index (χ2n) is 2.94. The van der Waals surface area contributed by atoms with E-state index >= 15 is 0 Å². The molecule has 1 nitrogen and oxygen atoms in total. The van der Waals surface area contributed by atoms with E-state index in [1.165, 1.54) is 0 Å². The largest absolute Gasteiger partial charge is 0.382 e. The van der Waals surface area contributed by atoms with Crippen LogP contribution in [0.3, 0.4) is 0 Å². The van der Waals surface area contributed by atoms with Gasteiger partial charge in [-0.25, -0.2) is 0 Å². The fourth-order valence-corrected chi connectivity index (χ4v) is 1.61. The van der Waals surface area contributed by atoms with E-state index in [2.05, 4.69) is 47.8 Å². The molecule has 1 rings (SSSR count). The maximum Gasteiger partial charge on any atom is 0.167 e. The first-order valence-electron chi connectivity index (χ1n) is 3.70. The predicted octanol–water partition coefficient (Wildman–Crippen LogP) is 3.73. The zero-order chi connectivity index (χ0) is 10.1. The lowest BCUT2D eigenvalue weighted by Crippen LogP contribution is -2.35. The molecule has 1 N–H and O–H groups in total. The third kappa shape index (κ3) is 2.55. The molecule has 0 radical (unpaired) electrons. The smallest absolute Gasteiger partial charge is 0.167 e. The third-order valence-corrected chi connectivity index (χ3v) is 4.20. The van der Waals surface area contributed by atoms with Gasteiger partial charge < -0.3 is 5.11 Å². The van der Waals surface area contributed by atoms with Crippen LogP contribution >= 0.6 is 47.8 Å². The van der Waals surface area contributed by atoms with Crippen molar-refractivity contribution in [2.24, 2.45) is 0 Å². The molecule has 0 aliphatic rings. The molecule has 0 bridgehead atoms. The Morgan fingerprint density at radius 1 is 1.08 bits per heavy atom. The maximum absolute atomic E-state index is 10.2. The summed E-state index contributed by atoms with van der Waals surface area (Å²) in [6, 6.07) is 9.44. The Bertz CT molecular complexity index is 277. The summed E-state index contributed by atoms with van der Waals surface area (Å²) in [5, 5.41) is 10.2. The van der Waals surface area contributed by atoms with Gasteiger partial charge >= 0.3 is 0 Å². The van der Waals surface area contributed by atoms with Gasteiger partial charge in [-0.15, -0.1) is 0 Å². The van der Waals surface area contributed by atoms with Gasteiger partial charge in [-0.3, -0.25) is 0 Å². The van der Waals surface area contributed by atoms with E-state index in [0.717, 1.165) is 5.56 Å². The molecule has 1 atom stereocenters. The molecule has 4 heteroatoms. The number of hydrogen-bond donors (Lipinski definition) is 1. The number of benzene rings is 1. The van der Waals surface area contributed by atoms with Crippen LogP contribution in [0.5, 0.6) is 0 Å². The molecule has 0 aromatic heterocycles. The Balaban J connectivity index is 3.08. The molecule has 1 aromatic rings. The van der Waals surface area contributed by atoms with E-state index < -0.39 is 7.74 Å². The summed E-state index contributed by atoms with van der Waals surface area (Å²) in [5.41, 5.74) is -0.186. The molecule has 1 aromatic carbocycles. The molecule has 13 heavy (non-hydrogen) atoms. The minimum atomic E-state index is -1.02. The van der Waals surface area contributed by atoms with Gasteiger partial charge in [-0.1, -0.05) is 78.1 Å². The van der Waals surface area contributed by atoms with E-state index in [0.29, 0.717) is 0 Å². The van der Waals surface area contributed by atoms with Gasteiger partial charge in [0, 0.05) is 0 Å². The molecule has 0 saturated heterocycles. The molecule has 0 aliphatic carbocycles. The Labute approximate surface area is 103 Å². The summed E-state index contributed by atoms with van der Waals surface area (Å²) in [6.45, 7) is 1.72. The first-order valence-corrected chi connectivity index (χ1v) is 6.08. The van der Waals surface area contributed by atoms with Crippen molar-refractivity contribution in [2.75, 3.05) is 0 Å². The van der Waals surface area contributed by atoms with Crippen molar-refractivity contribution in [3.05, 3.63) is 35.9 Å². The van der Waals surface area contributed by atoms with Crippen molar-refractivity contribution in [2.45, 2.75) is 14.7 Å². The minimum absolute atomic E-state index is 0.707. The van der Waals surface area contributed by atoms with Crippen LogP contribution in [0.2, 0.25) is 0 Å². The van der Waals surface area contributed by atoms with Crippen molar-refractivity contribution < 1.29 is 5.11 Å². The van der Waals surface area contributed by atoms with E-state index in [1.807, 2.05) is 30.3 Å². The summed E-state index contributed by atoms with van der Waals surface area (Å²) in [5.74, 6) is 0. The average molecular weight is 373 g/mol. The van der Waals surface area contributed by atoms with E-state index in [-0.39, 0.29) is 0 Å². The van der Waals surface area contributed by atoms with Crippen molar-refractivity contribution in [1.82, 2.24) is 0 Å². The van der Waals surface area contributed by atoms with Gasteiger partial charge in [0.25, 0.3) is 0 Å². The van der Waals surface area contributed by atoms with Gasteiger partial charge in [-0.2, -0.15) is 0 Å². The zero-order valence-corrected chi connectivity index (χ0v) is 11.7. The topological polar surface area (TPSA) is 20.2 Å². The summed E-state index contributed by atoms with van der Waals surface area (Å²) >= 11 is 9.96. The standard InChI is InChI=1S/C9H9Br3O/c1-8(13,9(10,11)12)7-5-3-2-4-6-7/h2-6,13H,1H3/t8-/m0/s1. The number of alkyl halides is 3. The van der Waals surface area contributed by atoms with Crippen molar-refractivity contribution in [3.8, 4) is 0 Å². The van der Waals surface area contributed by atoms with E-state index in [9.17, 15) is 5.11 Å². The highest BCUT2D eigenvalue weighted by molar-refractivity contribution is 9.39. The highest BCUT2D eigenvalue weighted by Gasteiger charge is 2.42. The molecule has 72 valence electrons. The average Bonchev–Trinajstić information content (AvgIpc) is 2.04. The van der Waals surface area contributed by atoms with Crippen LogP contribution in [0.4, 0.5) is 0 Å². The summed E-state index contributed by atoms with van der Waals surface area (Å²) < 4.78 is -0.707. The first kappa shape index (κ1) is 11.7. The Kier molecular flexibility index (Phi) is 3.60. The summed E-state index contributed by atoms with van der Waals surface area (Å²) in [7, 11) is 0. The normalized spacial score (nSPS) is 16.7. The van der Waals surface area contributed by atoms with Gasteiger partial charge in [0.15, 0.2) is 2.14 Å². The maximum atomic E-state index is 10.2. The predicted molar refractivity (Wildman–Crippen MR) is 65.5 cm³/mol. The van der Waals surface area contributed by atoms with Crippen LogP contribution in [0.15, 0.2) is 30.3 Å². The SMILES string of the molecule is C[C@](O)(c1ccccc1)C(Br)(Br)Br. The first-order chi connectivity index (χ1) is 5.86. The lowest BCUT2D eigenvalue weighted by atomic mass is 9.99. The van der Waals surface area contributed by atoms with Crippen LogP contribution in [-0.4, -0.2) is 7.25 Å². The molecule has 0 spiro atoms. The summed E-state index contributed by atoms with van der Waals surface area (Å²) in [6.07, 6.45) is 0. The quantitative estimate of drug-likeness (QED) is 0.745. The fraction of sp³-hybridized carbons (Fsp3) is 0.333. The van der Waals surface area contributed by atoms with Crippen LogP contribution in [0.1, 0.15) is 12.5 Å². The Morgan fingerprint density at radius 2 is 1.54 bits per heavy atom. The highest BCUT2D eigenvalue weighted by Crippen LogP contribution is 2.48. The highest BCUT2D eigenvalue weighted by atomic mass is 80.0. The molecule has 0 heterocycles. The van der Waals surface area contributed by atoms with Crippen LogP contribution in [-0.2, 0) is 5.60 Å². The lowest BCUT2D eigenvalue weighted by molar-refractivity contribution is 0.0725. The van der Waals surface area contributed by atoms with E-state index in [4.69, 9.17) is 0 Å². The molecule has 0 fully saturated rings. The van der Waals surface area contributed by atoms with Gasteiger partial charge in [0.05, 0.1) is 0 Å². The second kappa shape index (κ2) is 4.01. The Hall–Kier alpha value is 0.620. The molecule has 0 amide bonds. The van der Waals surface area contributed by atoms with Crippen molar-refractivity contribution in [1.29, 1.82) is 0 Å². The molecular weight excluding hydrogens is 364 g/mol. The van der Waals surface area contributed by atoms with Gasteiger partial charge in [0.1, 0.15) is 5.60 Å². The second-order valence-corrected chi connectivity index (χ2v) is 9.70.